The molecule has 2 aromatic carbocycles. The van der Waals surface area contributed by atoms with Crippen LogP contribution in [0.3, 0.4) is 0 Å². The summed E-state index contributed by atoms with van der Waals surface area (Å²) in [6, 6.07) is 9.84. The van der Waals surface area contributed by atoms with Gasteiger partial charge in [0.05, 0.1) is 11.1 Å². The van der Waals surface area contributed by atoms with Crippen molar-refractivity contribution in [3.05, 3.63) is 75.3 Å². The van der Waals surface area contributed by atoms with E-state index in [0.717, 1.165) is 53.6 Å². The summed E-state index contributed by atoms with van der Waals surface area (Å²) >= 11 is 13.1. The molecular weight excluding hydrogens is 424 g/mol. The van der Waals surface area contributed by atoms with Gasteiger partial charge in [-0.05, 0) is 66.6 Å². The number of fused-ring (bicyclic) bond motifs is 1. The van der Waals surface area contributed by atoms with Gasteiger partial charge in [0.25, 0.3) is 0 Å². The van der Waals surface area contributed by atoms with Crippen LogP contribution in [0.25, 0.3) is 11.1 Å². The van der Waals surface area contributed by atoms with E-state index in [4.69, 9.17) is 23.2 Å². The van der Waals surface area contributed by atoms with E-state index in [1.165, 1.54) is 12.1 Å². The first-order valence-corrected chi connectivity index (χ1v) is 10.8. The molecule has 0 bridgehead atoms. The average Bonchev–Trinajstić information content (AvgIpc) is 3.31. The molecule has 1 saturated heterocycles. The summed E-state index contributed by atoms with van der Waals surface area (Å²) in [7, 11) is 0. The van der Waals surface area contributed by atoms with Gasteiger partial charge in [0, 0.05) is 34.9 Å². The van der Waals surface area contributed by atoms with Crippen LogP contribution in [0.1, 0.15) is 29.7 Å². The van der Waals surface area contributed by atoms with Crippen molar-refractivity contribution in [2.75, 3.05) is 6.54 Å². The molecular formula is C23H20Cl2FN3O. The molecule has 1 spiro atoms. The van der Waals surface area contributed by atoms with Gasteiger partial charge in [-0.2, -0.15) is 5.10 Å². The van der Waals surface area contributed by atoms with E-state index in [9.17, 15) is 9.18 Å². The van der Waals surface area contributed by atoms with Gasteiger partial charge >= 0.3 is 0 Å². The number of nitrogens with one attached hydrogen (secondary N) is 1. The number of carbonyl (C=O) groups is 1. The molecule has 1 N–H and O–H groups in total. The lowest BCUT2D eigenvalue weighted by Crippen LogP contribution is -2.38. The lowest BCUT2D eigenvalue weighted by molar-refractivity contribution is -0.137. The summed E-state index contributed by atoms with van der Waals surface area (Å²) in [6.45, 7) is 1.08. The van der Waals surface area contributed by atoms with E-state index in [0.29, 0.717) is 23.1 Å². The zero-order valence-electron chi connectivity index (χ0n) is 16.2. The monoisotopic (exact) mass is 443 g/mol. The summed E-state index contributed by atoms with van der Waals surface area (Å²) in [5, 5.41) is 8.22. The van der Waals surface area contributed by atoms with Gasteiger partial charge in [-0.1, -0.05) is 35.3 Å². The third-order valence-corrected chi connectivity index (χ3v) is 7.12. The molecule has 30 heavy (non-hydrogen) atoms. The summed E-state index contributed by atoms with van der Waals surface area (Å²) in [5.41, 5.74) is 4.28. The number of rotatable bonds is 3. The molecule has 7 heteroatoms. The predicted octanol–water partition coefficient (Wildman–Crippen LogP) is 5.43. The number of amides is 1. The minimum absolute atomic E-state index is 0.170. The summed E-state index contributed by atoms with van der Waals surface area (Å²) in [4.78, 5) is 15.2. The maximum atomic E-state index is 13.3. The fourth-order valence-corrected chi connectivity index (χ4v) is 5.32. The third-order valence-electron chi connectivity index (χ3n) is 6.45. The van der Waals surface area contributed by atoms with Crippen molar-refractivity contribution < 1.29 is 9.18 Å². The van der Waals surface area contributed by atoms with Crippen LogP contribution in [0, 0.1) is 11.2 Å². The van der Waals surface area contributed by atoms with E-state index in [2.05, 4.69) is 10.2 Å². The predicted molar refractivity (Wildman–Crippen MR) is 115 cm³/mol. The first-order valence-electron chi connectivity index (χ1n) is 10.00. The molecule has 0 radical (unpaired) electrons. The van der Waals surface area contributed by atoms with Gasteiger partial charge < -0.3 is 4.90 Å². The van der Waals surface area contributed by atoms with Crippen LogP contribution in [-0.4, -0.2) is 27.5 Å². The molecule has 1 aromatic heterocycles. The van der Waals surface area contributed by atoms with E-state index < -0.39 is 0 Å². The Morgan fingerprint density at radius 3 is 2.57 bits per heavy atom. The lowest BCUT2D eigenvalue weighted by Gasteiger charge is -2.31. The molecule has 4 nitrogen and oxygen atoms in total. The van der Waals surface area contributed by atoms with E-state index >= 15 is 0 Å². The largest absolute Gasteiger partial charge is 0.338 e. The topological polar surface area (TPSA) is 49.0 Å². The van der Waals surface area contributed by atoms with E-state index in [-0.39, 0.29) is 17.1 Å². The molecule has 1 atom stereocenters. The molecule has 2 aliphatic rings. The number of halogens is 3. The Labute approximate surface area is 184 Å². The van der Waals surface area contributed by atoms with Gasteiger partial charge in [0.2, 0.25) is 5.91 Å². The maximum absolute atomic E-state index is 13.3. The first-order chi connectivity index (χ1) is 14.4. The van der Waals surface area contributed by atoms with Crippen LogP contribution < -0.4 is 0 Å². The van der Waals surface area contributed by atoms with Crippen molar-refractivity contribution in [1.29, 1.82) is 0 Å². The fraction of sp³-hybridized carbons (Fsp3) is 0.304. The Morgan fingerprint density at radius 2 is 1.83 bits per heavy atom. The molecule has 2 heterocycles. The molecule has 154 valence electrons. The first kappa shape index (κ1) is 19.6. The number of aromatic amines is 1. The Hall–Kier alpha value is -2.37. The zero-order valence-corrected chi connectivity index (χ0v) is 17.7. The second-order valence-corrected chi connectivity index (χ2v) is 9.03. The molecule has 1 fully saturated rings. The van der Waals surface area contributed by atoms with Gasteiger partial charge in [0.15, 0.2) is 0 Å². The number of hydrogen-bond acceptors (Lipinski definition) is 2. The van der Waals surface area contributed by atoms with Crippen LogP contribution in [0.2, 0.25) is 10.0 Å². The lowest BCUT2D eigenvalue weighted by atomic mass is 9.72. The smallest absolute Gasteiger partial charge is 0.229 e. The second-order valence-electron chi connectivity index (χ2n) is 8.22. The normalized spacial score (nSPS) is 20.8. The highest BCUT2D eigenvalue weighted by molar-refractivity contribution is 6.36. The van der Waals surface area contributed by atoms with Crippen molar-refractivity contribution in [2.45, 2.75) is 32.2 Å². The SMILES string of the molecule is O=C1N(Cc2c(Cl)cc(-c3ccc(F)cc3)cc2Cl)CCC12CCc1n[nH]cc1C2. The minimum Gasteiger partial charge on any atom is -0.338 e. The number of aryl methyl sites for hydroxylation is 1. The van der Waals surface area contributed by atoms with Crippen molar-refractivity contribution in [3.8, 4) is 11.1 Å². The average molecular weight is 444 g/mol. The number of aromatic nitrogens is 2. The molecule has 1 aliphatic heterocycles. The molecule has 1 aliphatic carbocycles. The summed E-state index contributed by atoms with van der Waals surface area (Å²) in [5.74, 6) is -0.122. The van der Waals surface area contributed by atoms with Crippen LogP contribution in [0.15, 0.2) is 42.6 Å². The molecule has 1 amide bonds. The Balaban J connectivity index is 1.37. The number of hydrogen-bond donors (Lipinski definition) is 1. The summed E-state index contributed by atoms with van der Waals surface area (Å²) in [6.07, 6.45) is 5.13. The second kappa shape index (κ2) is 7.40. The van der Waals surface area contributed by atoms with E-state index in [1.807, 2.05) is 23.2 Å². The quantitative estimate of drug-likeness (QED) is 0.586. The highest BCUT2D eigenvalue weighted by atomic mass is 35.5. The molecule has 0 saturated carbocycles. The van der Waals surface area contributed by atoms with Crippen molar-refractivity contribution in [1.82, 2.24) is 15.1 Å². The number of benzene rings is 2. The van der Waals surface area contributed by atoms with E-state index in [1.54, 1.807) is 12.1 Å². The Kier molecular flexibility index (Phi) is 4.83. The fourth-order valence-electron chi connectivity index (χ4n) is 4.72. The highest BCUT2D eigenvalue weighted by Gasteiger charge is 2.48. The van der Waals surface area contributed by atoms with Crippen LogP contribution >= 0.6 is 23.2 Å². The van der Waals surface area contributed by atoms with Crippen molar-refractivity contribution >= 4 is 29.1 Å². The minimum atomic E-state index is -0.343. The van der Waals surface area contributed by atoms with Gasteiger partial charge in [-0.25, -0.2) is 4.39 Å². The number of H-pyrrole nitrogens is 1. The Bertz CT molecular complexity index is 1100. The van der Waals surface area contributed by atoms with Crippen LogP contribution in [0.4, 0.5) is 4.39 Å². The molecule has 1 unspecified atom stereocenters. The van der Waals surface area contributed by atoms with Crippen molar-refractivity contribution in [2.24, 2.45) is 5.41 Å². The molecule has 5 rings (SSSR count). The van der Waals surface area contributed by atoms with Crippen LogP contribution in [0.5, 0.6) is 0 Å². The van der Waals surface area contributed by atoms with Gasteiger partial charge in [-0.15, -0.1) is 0 Å². The maximum Gasteiger partial charge on any atom is 0.229 e. The number of likely N-dealkylation sites (tertiary alicyclic amines) is 1. The van der Waals surface area contributed by atoms with Crippen LogP contribution in [-0.2, 0) is 24.2 Å². The summed E-state index contributed by atoms with van der Waals surface area (Å²) < 4.78 is 13.2. The van der Waals surface area contributed by atoms with Gasteiger partial charge in [-0.3, -0.25) is 9.89 Å². The Morgan fingerprint density at radius 1 is 1.10 bits per heavy atom. The van der Waals surface area contributed by atoms with Gasteiger partial charge in [0.1, 0.15) is 5.82 Å². The number of nitrogens with zero attached hydrogens (tertiary/aromatic N) is 2. The number of carbonyl (C=O) groups excluding carboxylic acids is 1. The molecule has 3 aromatic rings. The highest BCUT2D eigenvalue weighted by Crippen LogP contribution is 2.44. The third kappa shape index (κ3) is 3.30. The van der Waals surface area contributed by atoms with Crippen molar-refractivity contribution in [3.63, 3.8) is 0 Å². The zero-order chi connectivity index (χ0) is 20.9. The standard InChI is InChI=1S/C23H20Cl2FN3O/c24-19-9-15(14-1-3-17(26)4-2-14)10-20(25)18(19)13-29-8-7-23(22(29)30)6-5-21-16(11-23)12-27-28-21/h1-4,9-10,12H,5-8,11,13H2,(H,27,28).